The number of methoxy groups -OCH3 is 1. The van der Waals surface area contributed by atoms with E-state index in [2.05, 4.69) is 20.4 Å². The van der Waals surface area contributed by atoms with Crippen molar-refractivity contribution < 1.29 is 50.5 Å². The molecule has 0 spiro atoms. The molecule has 3 atom stereocenters. The van der Waals surface area contributed by atoms with Crippen LogP contribution in [0.5, 0.6) is 0 Å². The first kappa shape index (κ1) is 112. The Hall–Kier alpha value is -1.27. The lowest BCUT2D eigenvalue weighted by Crippen LogP contribution is -2.25. The zero-order valence-corrected chi connectivity index (χ0v) is 22.4. The van der Waals surface area contributed by atoms with Crippen molar-refractivity contribution in [2.24, 2.45) is 0 Å². The van der Waals surface area contributed by atoms with Crippen LogP contribution in [0.2, 0.25) is 13.6 Å². The topological polar surface area (TPSA) is 65.0 Å². The van der Waals surface area contributed by atoms with Crippen molar-refractivity contribution in [3.8, 4) is 0 Å². The molecule has 3 unspecified atom stereocenters. The molecule has 12 heteroatoms. The number of carbonyl (C=O) groups excluding carboxylic acids is 1. The maximum absolute atomic E-state index is 11.1. The van der Waals surface area contributed by atoms with Gasteiger partial charge in [0.1, 0.15) is 14.0 Å². The highest BCUT2D eigenvalue weighted by Crippen LogP contribution is 2.22. The molecule has 1 radical (unpaired) electrons. The monoisotopic (exact) mass is 692 g/mol. The van der Waals surface area contributed by atoms with E-state index in [1.165, 1.54) is 6.92 Å². The number of hydrogen-bond donors (Lipinski definition) is 1. The lowest BCUT2D eigenvalue weighted by Gasteiger charge is -2.10. The molecule has 0 saturated carbocycles. The summed E-state index contributed by atoms with van der Waals surface area (Å²) in [6, 6.07) is 0. The van der Waals surface area contributed by atoms with Gasteiger partial charge in [-0.15, -0.1) is 0 Å². The van der Waals surface area contributed by atoms with Gasteiger partial charge in [-0.25, -0.2) is 13.6 Å². The zero-order valence-electron chi connectivity index (χ0n) is 22.4. The largest absolute Gasteiger partial charge is 0.435 e. The van der Waals surface area contributed by atoms with Crippen LogP contribution in [-0.4, -0.2) is 77.3 Å². The normalized spacial score (nSPS) is 8.91. The highest BCUT2D eigenvalue weighted by molar-refractivity contribution is 6.31. The standard InChI is InChI=1S/C9H16O3.C5H12O.C3H3F5.C2H6B.C2H5F.CH4O.11CH4/c1-5-8(4)11-6-12-9(10)7(2)3;1-4-5(2)6-3;4-1-2(5)3(6,7)8;1-3-2;1-2-3;1-2;;;;;;;;;;;/h8H,2,5-6H2,1,3-4H3;5H,4H2,1-3H3;2H,1H2;1-2H3;2H2,1H3;2H,1H3;11*1H4. The molecule has 45 heavy (non-hydrogen) atoms. The van der Waals surface area contributed by atoms with Crippen molar-refractivity contribution in [2.45, 2.75) is 174 Å². The van der Waals surface area contributed by atoms with E-state index in [-0.39, 0.29) is 101 Å². The summed E-state index contributed by atoms with van der Waals surface area (Å²) in [7, 11) is 4.73. The number of esters is 1. The molecule has 0 aliphatic heterocycles. The van der Waals surface area contributed by atoms with E-state index in [4.69, 9.17) is 19.3 Å². The molecule has 1 N–H and O–H groups in total. The minimum absolute atomic E-state index is 0. The molecular weight excluding hydrogens is 601 g/mol. The molecule has 0 aliphatic rings. The first-order chi connectivity index (χ1) is 15.7. The summed E-state index contributed by atoms with van der Waals surface area (Å²) >= 11 is 0. The van der Waals surface area contributed by atoms with E-state index in [0.29, 0.717) is 11.7 Å². The van der Waals surface area contributed by atoms with Gasteiger partial charge in [0.05, 0.1) is 18.9 Å². The maximum atomic E-state index is 11.1. The van der Waals surface area contributed by atoms with E-state index < -0.39 is 25.0 Å². The number of aliphatic hydroxyl groups excluding tert-OH is 1. The molecular formula is C33H90BF6O5. The summed E-state index contributed by atoms with van der Waals surface area (Å²) in [5.41, 5.74) is 0.391. The highest BCUT2D eigenvalue weighted by Gasteiger charge is 2.39. The van der Waals surface area contributed by atoms with Crippen molar-refractivity contribution in [3.05, 3.63) is 12.2 Å². The van der Waals surface area contributed by atoms with Gasteiger partial charge < -0.3 is 19.3 Å². The molecule has 0 rings (SSSR count). The Morgan fingerprint density at radius 3 is 1.18 bits per heavy atom. The van der Waals surface area contributed by atoms with Crippen molar-refractivity contribution in [1.29, 1.82) is 0 Å². The van der Waals surface area contributed by atoms with Crippen LogP contribution in [0.1, 0.15) is 136 Å². The Bertz CT molecular complexity index is 402. The van der Waals surface area contributed by atoms with Crippen LogP contribution in [0.4, 0.5) is 26.3 Å². The molecule has 0 bridgehead atoms. The number of hydrogen-bond acceptors (Lipinski definition) is 5. The molecule has 0 aromatic carbocycles. The lowest BCUT2D eigenvalue weighted by atomic mass is 9.88. The van der Waals surface area contributed by atoms with Gasteiger partial charge in [0.2, 0.25) is 6.17 Å². The van der Waals surface area contributed by atoms with Crippen molar-refractivity contribution >= 4 is 13.2 Å². The first-order valence-corrected chi connectivity index (χ1v) is 10.7. The second-order valence-corrected chi connectivity index (χ2v) is 6.18. The molecule has 0 amide bonds. The third-order valence-electron chi connectivity index (χ3n) is 2.93. The van der Waals surface area contributed by atoms with Crippen molar-refractivity contribution in [1.82, 2.24) is 0 Å². The Morgan fingerprint density at radius 1 is 0.800 bits per heavy atom. The Balaban J connectivity index is -0.0000000144. The second kappa shape index (κ2) is 90.1. The third kappa shape index (κ3) is 137. The minimum atomic E-state index is -5.03. The van der Waals surface area contributed by atoms with Crippen LogP contribution in [0, 0.1) is 0 Å². The molecule has 0 fully saturated rings. The molecule has 0 aliphatic carbocycles. The van der Waals surface area contributed by atoms with Gasteiger partial charge in [-0.3, -0.25) is 4.39 Å². The Morgan fingerprint density at radius 2 is 1.07 bits per heavy atom. The van der Waals surface area contributed by atoms with Gasteiger partial charge in [0, 0.05) is 19.8 Å². The van der Waals surface area contributed by atoms with E-state index in [1.54, 1.807) is 14.0 Å². The van der Waals surface area contributed by atoms with Crippen LogP contribution in [0.25, 0.3) is 0 Å². The van der Waals surface area contributed by atoms with E-state index in [1.807, 2.05) is 34.8 Å². The number of carbonyl (C=O) groups is 1. The van der Waals surface area contributed by atoms with Crippen LogP contribution >= 0.6 is 0 Å². The summed E-state index contributed by atoms with van der Waals surface area (Å²) in [5.74, 6) is -0.404. The van der Waals surface area contributed by atoms with Crippen LogP contribution < -0.4 is 0 Å². The van der Waals surface area contributed by atoms with E-state index in [9.17, 15) is 31.1 Å². The summed E-state index contributed by atoms with van der Waals surface area (Å²) in [6.07, 6.45) is -5.77. The second-order valence-electron chi connectivity index (χ2n) is 6.18. The summed E-state index contributed by atoms with van der Waals surface area (Å²) in [6.45, 7) is 16.4. The van der Waals surface area contributed by atoms with Gasteiger partial charge in [-0.2, -0.15) is 13.2 Å². The average Bonchev–Trinajstić information content (AvgIpc) is 2.80. The van der Waals surface area contributed by atoms with Crippen LogP contribution in [-0.2, 0) is 19.0 Å². The third-order valence-corrected chi connectivity index (χ3v) is 2.93. The average molecular weight is 692 g/mol. The maximum Gasteiger partial charge on any atom is 0.422 e. The van der Waals surface area contributed by atoms with Gasteiger partial charge in [-0.1, -0.05) is 116 Å². The molecule has 0 saturated heterocycles. The van der Waals surface area contributed by atoms with Crippen molar-refractivity contribution in [2.75, 3.05) is 34.4 Å². The fourth-order valence-electron chi connectivity index (χ4n) is 0.699. The highest BCUT2D eigenvalue weighted by atomic mass is 19.4. The van der Waals surface area contributed by atoms with E-state index >= 15 is 0 Å². The fourth-order valence-corrected chi connectivity index (χ4v) is 0.699. The molecule has 297 valence electrons. The molecule has 0 aromatic rings. The molecule has 0 heterocycles. The van der Waals surface area contributed by atoms with Crippen LogP contribution in [0.15, 0.2) is 12.2 Å². The Labute approximate surface area is 284 Å². The fraction of sp³-hybridized carbons (Fsp3) is 0.909. The summed E-state index contributed by atoms with van der Waals surface area (Å²) in [4.78, 5) is 10.8. The van der Waals surface area contributed by atoms with Gasteiger partial charge in [0.15, 0.2) is 6.79 Å². The predicted molar refractivity (Wildman–Crippen MR) is 202 cm³/mol. The van der Waals surface area contributed by atoms with E-state index in [0.717, 1.165) is 20.0 Å². The number of halogens is 6. The van der Waals surface area contributed by atoms with Gasteiger partial charge in [-0.05, 0) is 40.5 Å². The Kier molecular flexibility index (Phi) is 224. The van der Waals surface area contributed by atoms with Gasteiger partial charge >= 0.3 is 12.1 Å². The summed E-state index contributed by atoms with van der Waals surface area (Å²) < 4.78 is 79.5. The zero-order chi connectivity index (χ0) is 28.8. The summed E-state index contributed by atoms with van der Waals surface area (Å²) in [5, 5.41) is 7.00. The SMILES string of the molecule is C.C.C.C.C.C.C.C.C.C.C.C=C(C)C(=O)OCOC(C)CC.CCC(C)OC.CCF.CO.C[B]C.FCC(F)C(F)(F)F. The predicted octanol–water partition coefficient (Wildman–Crippen LogP) is 13.5. The smallest absolute Gasteiger partial charge is 0.422 e. The number of ether oxygens (including phenoxy) is 3. The first-order valence-electron chi connectivity index (χ1n) is 10.7. The minimum Gasteiger partial charge on any atom is -0.435 e. The van der Waals surface area contributed by atoms with Crippen LogP contribution in [0.3, 0.4) is 0 Å². The number of aliphatic hydroxyl groups is 1. The number of alkyl halides is 6. The van der Waals surface area contributed by atoms with Gasteiger partial charge in [0.25, 0.3) is 0 Å². The molecule has 0 aromatic heterocycles. The quantitative estimate of drug-likeness (QED) is 0.0902. The lowest BCUT2D eigenvalue weighted by molar-refractivity contribution is -0.183. The van der Waals surface area contributed by atoms with Crippen molar-refractivity contribution in [3.63, 3.8) is 0 Å². The number of rotatable bonds is 8. The molecule has 5 nitrogen and oxygen atoms in total.